The van der Waals surface area contributed by atoms with Gasteiger partial charge in [-0.25, -0.2) is 0 Å². The first-order chi connectivity index (χ1) is 10.1. The van der Waals surface area contributed by atoms with E-state index in [1.165, 1.54) is 0 Å². The Balaban J connectivity index is 1.99. The molecule has 0 atom stereocenters. The van der Waals surface area contributed by atoms with E-state index in [-0.39, 0.29) is 0 Å². The van der Waals surface area contributed by atoms with Gasteiger partial charge in [0.1, 0.15) is 10.7 Å². The number of halogens is 1. The van der Waals surface area contributed by atoms with Gasteiger partial charge in [0, 0.05) is 4.47 Å². The summed E-state index contributed by atoms with van der Waals surface area (Å²) in [6.07, 6.45) is 0. The number of ether oxygens (including phenoxy) is 2. The lowest BCUT2D eigenvalue weighted by Gasteiger charge is -2.10. The van der Waals surface area contributed by atoms with E-state index < -0.39 is 0 Å². The Kier molecular flexibility index (Phi) is 5.73. The molecule has 2 aromatic rings. The predicted octanol–water partition coefficient (Wildman–Crippen LogP) is 3.81. The van der Waals surface area contributed by atoms with Gasteiger partial charge in [0.15, 0.2) is 0 Å². The van der Waals surface area contributed by atoms with Gasteiger partial charge in [-0.15, -0.1) is 0 Å². The van der Waals surface area contributed by atoms with Crippen LogP contribution in [0.2, 0.25) is 0 Å². The SMILES string of the molecule is COc1cc(COCc2cccc(Br)c2)ccc1C(N)=S. The van der Waals surface area contributed by atoms with Crippen molar-refractivity contribution in [1.82, 2.24) is 0 Å². The molecule has 0 saturated heterocycles. The minimum Gasteiger partial charge on any atom is -0.496 e. The number of nitrogens with two attached hydrogens (primary N) is 1. The third-order valence-corrected chi connectivity index (χ3v) is 3.67. The molecule has 0 heterocycles. The molecule has 5 heteroatoms. The Morgan fingerprint density at radius 3 is 2.48 bits per heavy atom. The standard InChI is InChI=1S/C16H16BrNO2S/c1-19-15-8-12(5-6-14(15)16(18)21)10-20-9-11-3-2-4-13(17)7-11/h2-8H,9-10H2,1H3,(H2,18,21). The minimum absolute atomic E-state index is 0.327. The van der Waals surface area contributed by atoms with Crippen molar-refractivity contribution in [3.63, 3.8) is 0 Å². The van der Waals surface area contributed by atoms with Gasteiger partial charge in [-0.1, -0.05) is 46.3 Å². The largest absolute Gasteiger partial charge is 0.496 e. The van der Waals surface area contributed by atoms with Gasteiger partial charge in [-0.3, -0.25) is 0 Å². The first-order valence-electron chi connectivity index (χ1n) is 6.39. The quantitative estimate of drug-likeness (QED) is 0.790. The maximum atomic E-state index is 5.72. The van der Waals surface area contributed by atoms with E-state index in [2.05, 4.69) is 15.9 Å². The maximum Gasteiger partial charge on any atom is 0.129 e. The minimum atomic E-state index is 0.327. The van der Waals surface area contributed by atoms with Crippen LogP contribution in [-0.4, -0.2) is 12.1 Å². The van der Waals surface area contributed by atoms with E-state index in [9.17, 15) is 0 Å². The lowest BCUT2D eigenvalue weighted by atomic mass is 10.1. The van der Waals surface area contributed by atoms with E-state index in [0.29, 0.717) is 24.0 Å². The van der Waals surface area contributed by atoms with Gasteiger partial charge < -0.3 is 15.2 Å². The summed E-state index contributed by atoms with van der Waals surface area (Å²) in [6.45, 7) is 1.05. The van der Waals surface area contributed by atoms with Crippen molar-refractivity contribution < 1.29 is 9.47 Å². The van der Waals surface area contributed by atoms with E-state index in [4.69, 9.17) is 27.4 Å². The molecule has 0 radical (unpaired) electrons. The summed E-state index contributed by atoms with van der Waals surface area (Å²) < 4.78 is 12.1. The fourth-order valence-electron chi connectivity index (χ4n) is 1.94. The van der Waals surface area contributed by atoms with Gasteiger partial charge in [0.05, 0.1) is 25.9 Å². The lowest BCUT2D eigenvalue weighted by Crippen LogP contribution is -2.11. The zero-order chi connectivity index (χ0) is 15.2. The Bertz CT molecular complexity index is 646. The highest BCUT2D eigenvalue weighted by atomic mass is 79.9. The molecular formula is C16H16BrNO2S. The van der Waals surface area contributed by atoms with Crippen LogP contribution in [0.25, 0.3) is 0 Å². The number of hydrogen-bond donors (Lipinski definition) is 1. The molecule has 2 aromatic carbocycles. The normalized spacial score (nSPS) is 10.4. The van der Waals surface area contributed by atoms with E-state index in [1.807, 2.05) is 42.5 Å². The van der Waals surface area contributed by atoms with Crippen molar-refractivity contribution in [2.24, 2.45) is 5.73 Å². The maximum absolute atomic E-state index is 5.72. The fourth-order valence-corrected chi connectivity index (χ4v) is 2.56. The third kappa shape index (κ3) is 4.52. The smallest absolute Gasteiger partial charge is 0.129 e. The van der Waals surface area contributed by atoms with E-state index in [1.54, 1.807) is 7.11 Å². The molecule has 0 aliphatic rings. The zero-order valence-corrected chi connectivity index (χ0v) is 14.0. The van der Waals surface area contributed by atoms with Crippen LogP contribution in [0.15, 0.2) is 46.9 Å². The second-order valence-corrected chi connectivity index (χ2v) is 5.88. The van der Waals surface area contributed by atoms with Crippen LogP contribution in [0, 0.1) is 0 Å². The van der Waals surface area contributed by atoms with Crippen molar-refractivity contribution in [1.29, 1.82) is 0 Å². The predicted molar refractivity (Wildman–Crippen MR) is 91.5 cm³/mol. The van der Waals surface area contributed by atoms with Gasteiger partial charge in [-0.05, 0) is 35.4 Å². The molecule has 2 rings (SSSR count). The number of benzene rings is 2. The van der Waals surface area contributed by atoms with Crippen LogP contribution in [0.5, 0.6) is 5.75 Å². The third-order valence-electron chi connectivity index (χ3n) is 2.96. The molecule has 0 aliphatic carbocycles. The van der Waals surface area contributed by atoms with E-state index >= 15 is 0 Å². The summed E-state index contributed by atoms with van der Waals surface area (Å²) >= 11 is 8.43. The molecule has 0 saturated carbocycles. The summed E-state index contributed by atoms with van der Waals surface area (Å²) in [4.78, 5) is 0.327. The molecule has 0 fully saturated rings. The number of rotatable bonds is 6. The summed E-state index contributed by atoms with van der Waals surface area (Å²) in [6, 6.07) is 13.7. The van der Waals surface area contributed by atoms with Gasteiger partial charge in [0.25, 0.3) is 0 Å². The average Bonchev–Trinajstić information content (AvgIpc) is 2.47. The molecule has 21 heavy (non-hydrogen) atoms. The summed E-state index contributed by atoms with van der Waals surface area (Å²) in [5.41, 5.74) is 8.52. The number of hydrogen-bond acceptors (Lipinski definition) is 3. The van der Waals surface area contributed by atoms with Gasteiger partial charge in [0.2, 0.25) is 0 Å². The van der Waals surface area contributed by atoms with Crippen molar-refractivity contribution in [2.45, 2.75) is 13.2 Å². The van der Waals surface area contributed by atoms with Crippen molar-refractivity contribution in [3.05, 3.63) is 63.6 Å². The monoisotopic (exact) mass is 365 g/mol. The Morgan fingerprint density at radius 2 is 1.86 bits per heavy atom. The highest BCUT2D eigenvalue weighted by Gasteiger charge is 2.07. The molecule has 0 amide bonds. The zero-order valence-electron chi connectivity index (χ0n) is 11.6. The Labute approximate surface area is 138 Å². The van der Waals surface area contributed by atoms with Crippen LogP contribution in [-0.2, 0) is 18.0 Å². The molecule has 2 N–H and O–H groups in total. The molecular weight excluding hydrogens is 350 g/mol. The highest BCUT2D eigenvalue weighted by molar-refractivity contribution is 9.10. The molecule has 0 bridgehead atoms. The molecule has 0 spiro atoms. The Hall–Kier alpha value is -1.43. The second kappa shape index (κ2) is 7.54. The lowest BCUT2D eigenvalue weighted by molar-refractivity contribution is 0.107. The molecule has 0 unspecified atom stereocenters. The highest BCUT2D eigenvalue weighted by Crippen LogP contribution is 2.21. The first-order valence-corrected chi connectivity index (χ1v) is 7.59. The number of thiocarbonyl (C=S) groups is 1. The molecule has 3 nitrogen and oxygen atoms in total. The van der Waals surface area contributed by atoms with Crippen molar-refractivity contribution in [3.8, 4) is 5.75 Å². The van der Waals surface area contributed by atoms with Gasteiger partial charge >= 0.3 is 0 Å². The Morgan fingerprint density at radius 1 is 1.14 bits per heavy atom. The van der Waals surface area contributed by atoms with Crippen LogP contribution >= 0.6 is 28.1 Å². The summed E-state index contributed by atoms with van der Waals surface area (Å²) in [7, 11) is 1.60. The first kappa shape index (κ1) is 15.9. The molecule has 110 valence electrons. The van der Waals surface area contributed by atoms with Crippen LogP contribution in [0.4, 0.5) is 0 Å². The van der Waals surface area contributed by atoms with Crippen LogP contribution in [0.1, 0.15) is 16.7 Å². The number of methoxy groups -OCH3 is 1. The average molecular weight is 366 g/mol. The van der Waals surface area contributed by atoms with Gasteiger partial charge in [-0.2, -0.15) is 0 Å². The topological polar surface area (TPSA) is 44.5 Å². The van der Waals surface area contributed by atoms with Crippen molar-refractivity contribution in [2.75, 3.05) is 7.11 Å². The summed E-state index contributed by atoms with van der Waals surface area (Å²) in [5, 5.41) is 0. The molecule has 0 aliphatic heterocycles. The van der Waals surface area contributed by atoms with Crippen molar-refractivity contribution >= 4 is 33.1 Å². The van der Waals surface area contributed by atoms with Crippen LogP contribution < -0.4 is 10.5 Å². The van der Waals surface area contributed by atoms with Crippen LogP contribution in [0.3, 0.4) is 0 Å². The summed E-state index contributed by atoms with van der Waals surface area (Å²) in [5.74, 6) is 0.672. The second-order valence-electron chi connectivity index (χ2n) is 4.52. The molecule has 0 aromatic heterocycles. The van der Waals surface area contributed by atoms with E-state index in [0.717, 1.165) is 21.2 Å². The fraction of sp³-hybridized carbons (Fsp3) is 0.188.